The number of aliphatic hydroxyl groups excluding tert-OH is 1. The monoisotopic (exact) mass is 141 g/mol. The Morgan fingerprint density at radius 2 is 2.20 bits per heavy atom. The standard InChI is InChI=1S/C8H15NO/c1-2-3-4-5-8(10)6-7-9/h8,10H,2-6H2,1H3. The van der Waals surface area contributed by atoms with Crippen LogP contribution >= 0.6 is 0 Å². The minimum Gasteiger partial charge on any atom is -0.392 e. The molecule has 1 N–H and O–H groups in total. The summed E-state index contributed by atoms with van der Waals surface area (Å²) in [5.41, 5.74) is 0. The molecule has 0 fully saturated rings. The van der Waals surface area contributed by atoms with Gasteiger partial charge in [0, 0.05) is 0 Å². The first-order valence-corrected chi connectivity index (χ1v) is 3.86. The Balaban J connectivity index is 3.06. The van der Waals surface area contributed by atoms with Crippen LogP contribution in [0.3, 0.4) is 0 Å². The van der Waals surface area contributed by atoms with E-state index >= 15 is 0 Å². The molecule has 0 aliphatic carbocycles. The van der Waals surface area contributed by atoms with Gasteiger partial charge in [0.2, 0.25) is 0 Å². The molecule has 0 aromatic heterocycles. The van der Waals surface area contributed by atoms with E-state index in [1.165, 1.54) is 6.42 Å². The Morgan fingerprint density at radius 1 is 1.50 bits per heavy atom. The van der Waals surface area contributed by atoms with Crippen molar-refractivity contribution in [2.75, 3.05) is 0 Å². The largest absolute Gasteiger partial charge is 0.392 e. The minimum absolute atomic E-state index is 0.281. The van der Waals surface area contributed by atoms with E-state index in [9.17, 15) is 0 Å². The van der Waals surface area contributed by atoms with Gasteiger partial charge in [-0.25, -0.2) is 0 Å². The summed E-state index contributed by atoms with van der Waals surface area (Å²) in [5.74, 6) is 0. The normalized spacial score (nSPS) is 12.5. The lowest BCUT2D eigenvalue weighted by molar-refractivity contribution is 0.166. The average molecular weight is 141 g/mol. The summed E-state index contributed by atoms with van der Waals surface area (Å²) in [6.45, 7) is 2.12. The van der Waals surface area contributed by atoms with Gasteiger partial charge in [-0.15, -0.1) is 0 Å². The molecular formula is C8H15NO. The van der Waals surface area contributed by atoms with Crippen LogP contribution in [0, 0.1) is 11.3 Å². The highest BCUT2D eigenvalue weighted by molar-refractivity contribution is 4.74. The van der Waals surface area contributed by atoms with Crippen LogP contribution in [-0.4, -0.2) is 11.2 Å². The second-order valence-electron chi connectivity index (χ2n) is 2.51. The molecule has 0 spiro atoms. The molecule has 0 radical (unpaired) electrons. The summed E-state index contributed by atoms with van der Waals surface area (Å²) in [6, 6.07) is 1.94. The molecule has 1 unspecified atom stereocenters. The quantitative estimate of drug-likeness (QED) is 0.594. The molecule has 0 amide bonds. The molecule has 58 valence electrons. The molecule has 1 atom stereocenters. The Kier molecular flexibility index (Phi) is 6.21. The number of nitrogens with zero attached hydrogens (tertiary/aromatic N) is 1. The number of hydrogen-bond acceptors (Lipinski definition) is 2. The fourth-order valence-electron chi connectivity index (χ4n) is 0.837. The molecule has 0 saturated carbocycles. The van der Waals surface area contributed by atoms with E-state index in [1.807, 2.05) is 6.07 Å². The molecule has 0 heterocycles. The van der Waals surface area contributed by atoms with Crippen LogP contribution in [0.2, 0.25) is 0 Å². The lowest BCUT2D eigenvalue weighted by Gasteiger charge is -2.03. The van der Waals surface area contributed by atoms with Crippen LogP contribution in [0.4, 0.5) is 0 Å². The first-order chi connectivity index (χ1) is 4.81. The zero-order valence-corrected chi connectivity index (χ0v) is 6.51. The van der Waals surface area contributed by atoms with Crippen molar-refractivity contribution in [3.63, 3.8) is 0 Å². The van der Waals surface area contributed by atoms with E-state index in [2.05, 4.69) is 6.92 Å². The van der Waals surface area contributed by atoms with Crippen molar-refractivity contribution in [3.8, 4) is 6.07 Å². The summed E-state index contributed by atoms with van der Waals surface area (Å²) in [4.78, 5) is 0. The highest BCUT2D eigenvalue weighted by atomic mass is 16.3. The van der Waals surface area contributed by atoms with Crippen molar-refractivity contribution in [2.45, 2.75) is 45.1 Å². The maximum Gasteiger partial charge on any atom is 0.0670 e. The highest BCUT2D eigenvalue weighted by Crippen LogP contribution is 2.04. The summed E-state index contributed by atoms with van der Waals surface area (Å²) >= 11 is 0. The predicted octanol–water partition coefficient (Wildman–Crippen LogP) is 1.84. The molecule has 2 heteroatoms. The molecule has 0 aliphatic heterocycles. The van der Waals surface area contributed by atoms with E-state index in [1.54, 1.807) is 0 Å². The van der Waals surface area contributed by atoms with Crippen molar-refractivity contribution >= 4 is 0 Å². The summed E-state index contributed by atoms with van der Waals surface area (Å²) < 4.78 is 0. The van der Waals surface area contributed by atoms with Crippen molar-refractivity contribution in [2.24, 2.45) is 0 Å². The average Bonchev–Trinajstić information content (AvgIpc) is 1.89. The number of unbranched alkanes of at least 4 members (excludes halogenated alkanes) is 2. The van der Waals surface area contributed by atoms with Gasteiger partial charge in [0.1, 0.15) is 0 Å². The third kappa shape index (κ3) is 5.58. The van der Waals surface area contributed by atoms with E-state index in [0.29, 0.717) is 0 Å². The van der Waals surface area contributed by atoms with Gasteiger partial charge in [0.25, 0.3) is 0 Å². The van der Waals surface area contributed by atoms with Crippen LogP contribution in [-0.2, 0) is 0 Å². The van der Waals surface area contributed by atoms with E-state index in [0.717, 1.165) is 19.3 Å². The van der Waals surface area contributed by atoms with Crippen molar-refractivity contribution in [3.05, 3.63) is 0 Å². The molecule has 0 aromatic carbocycles. The molecule has 0 aromatic rings. The van der Waals surface area contributed by atoms with Gasteiger partial charge in [0.05, 0.1) is 18.6 Å². The minimum atomic E-state index is -0.392. The van der Waals surface area contributed by atoms with Crippen LogP contribution < -0.4 is 0 Å². The number of hydrogen-bond donors (Lipinski definition) is 1. The van der Waals surface area contributed by atoms with Crippen LogP contribution in [0.25, 0.3) is 0 Å². The lowest BCUT2D eigenvalue weighted by Crippen LogP contribution is -2.03. The predicted molar refractivity (Wildman–Crippen MR) is 40.4 cm³/mol. The topological polar surface area (TPSA) is 44.0 Å². The SMILES string of the molecule is CCCCCC(O)CC#N. The van der Waals surface area contributed by atoms with Gasteiger partial charge < -0.3 is 5.11 Å². The fraction of sp³-hybridized carbons (Fsp3) is 0.875. The first-order valence-electron chi connectivity index (χ1n) is 3.86. The maximum absolute atomic E-state index is 9.05. The van der Waals surface area contributed by atoms with Crippen molar-refractivity contribution < 1.29 is 5.11 Å². The molecule has 2 nitrogen and oxygen atoms in total. The Bertz CT molecular complexity index is 106. The molecular weight excluding hydrogens is 126 g/mol. The van der Waals surface area contributed by atoms with Gasteiger partial charge in [-0.2, -0.15) is 5.26 Å². The third-order valence-corrected chi connectivity index (χ3v) is 1.47. The summed E-state index contributed by atoms with van der Waals surface area (Å²) in [5, 5.41) is 17.2. The second-order valence-corrected chi connectivity index (χ2v) is 2.51. The second kappa shape index (κ2) is 6.57. The van der Waals surface area contributed by atoms with Gasteiger partial charge in [-0.1, -0.05) is 26.2 Å². The van der Waals surface area contributed by atoms with E-state index in [4.69, 9.17) is 10.4 Å². The summed E-state index contributed by atoms with van der Waals surface area (Å²) in [7, 11) is 0. The number of nitriles is 1. The van der Waals surface area contributed by atoms with Crippen LogP contribution in [0.5, 0.6) is 0 Å². The Hall–Kier alpha value is -0.550. The third-order valence-electron chi connectivity index (χ3n) is 1.47. The first kappa shape index (κ1) is 9.45. The fourth-order valence-corrected chi connectivity index (χ4v) is 0.837. The zero-order chi connectivity index (χ0) is 7.82. The molecule has 0 aliphatic rings. The van der Waals surface area contributed by atoms with Crippen LogP contribution in [0.1, 0.15) is 39.0 Å². The van der Waals surface area contributed by atoms with Crippen molar-refractivity contribution in [1.29, 1.82) is 5.26 Å². The summed E-state index contributed by atoms with van der Waals surface area (Å²) in [6.07, 6.45) is 4.03. The highest BCUT2D eigenvalue weighted by Gasteiger charge is 2.00. The number of aliphatic hydroxyl groups is 1. The Morgan fingerprint density at radius 3 is 2.70 bits per heavy atom. The van der Waals surface area contributed by atoms with Crippen molar-refractivity contribution in [1.82, 2.24) is 0 Å². The molecule has 0 bridgehead atoms. The van der Waals surface area contributed by atoms with E-state index in [-0.39, 0.29) is 6.42 Å². The molecule has 0 rings (SSSR count). The maximum atomic E-state index is 9.05. The van der Waals surface area contributed by atoms with Crippen LogP contribution in [0.15, 0.2) is 0 Å². The number of rotatable bonds is 5. The molecule has 0 saturated heterocycles. The van der Waals surface area contributed by atoms with Gasteiger partial charge >= 0.3 is 0 Å². The van der Waals surface area contributed by atoms with Gasteiger partial charge in [-0.3, -0.25) is 0 Å². The smallest absolute Gasteiger partial charge is 0.0670 e. The van der Waals surface area contributed by atoms with E-state index < -0.39 is 6.10 Å². The van der Waals surface area contributed by atoms with Gasteiger partial charge in [0.15, 0.2) is 0 Å². The zero-order valence-electron chi connectivity index (χ0n) is 6.51. The Labute approximate surface area is 62.5 Å². The lowest BCUT2D eigenvalue weighted by atomic mass is 10.1. The molecule has 10 heavy (non-hydrogen) atoms. The van der Waals surface area contributed by atoms with Gasteiger partial charge in [-0.05, 0) is 6.42 Å².